The minimum Gasteiger partial charge on any atom is -0.493 e. The molecule has 0 aliphatic rings. The minimum absolute atomic E-state index is 0.589. The van der Waals surface area contributed by atoms with Gasteiger partial charge < -0.3 is 9.47 Å². The maximum Gasteiger partial charge on any atom is 0.279 e. The van der Waals surface area contributed by atoms with Gasteiger partial charge in [0.05, 0.1) is 7.11 Å². The van der Waals surface area contributed by atoms with Gasteiger partial charge in [0, 0.05) is 5.38 Å². The molecule has 1 aromatic carbocycles. The molecule has 0 N–H and O–H groups in total. The Kier molecular flexibility index (Phi) is 3.23. The van der Waals surface area contributed by atoms with Crippen molar-refractivity contribution in [2.75, 3.05) is 7.11 Å². The number of thiazole rings is 1. The maximum atomic E-state index is 5.57. The lowest BCUT2D eigenvalue weighted by molar-refractivity contribution is 0.378. The summed E-state index contributed by atoms with van der Waals surface area (Å²) in [5.41, 5.74) is 0. The summed E-state index contributed by atoms with van der Waals surface area (Å²) in [7, 11) is 1.61. The van der Waals surface area contributed by atoms with E-state index in [2.05, 4.69) is 20.9 Å². The average Bonchev–Trinajstić information content (AvgIpc) is 2.65. The van der Waals surface area contributed by atoms with Gasteiger partial charge in [0.1, 0.15) is 4.60 Å². The summed E-state index contributed by atoms with van der Waals surface area (Å²) in [5.74, 6) is 1.37. The van der Waals surface area contributed by atoms with E-state index in [0.29, 0.717) is 16.7 Å². The summed E-state index contributed by atoms with van der Waals surface area (Å²) in [6, 6.07) is 7.47. The number of nitrogens with zero attached hydrogens (tertiary/aromatic N) is 1. The number of ether oxygens (including phenoxy) is 2. The third-order valence-electron chi connectivity index (χ3n) is 1.72. The van der Waals surface area contributed by atoms with Crippen LogP contribution in [0.2, 0.25) is 0 Å². The molecule has 3 nitrogen and oxygen atoms in total. The van der Waals surface area contributed by atoms with E-state index in [0.717, 1.165) is 4.60 Å². The van der Waals surface area contributed by atoms with Crippen molar-refractivity contribution < 1.29 is 9.47 Å². The van der Waals surface area contributed by atoms with Crippen molar-refractivity contribution in [2.45, 2.75) is 0 Å². The van der Waals surface area contributed by atoms with E-state index in [1.165, 1.54) is 11.3 Å². The van der Waals surface area contributed by atoms with E-state index in [4.69, 9.17) is 9.47 Å². The lowest BCUT2D eigenvalue weighted by Gasteiger charge is -2.06. The Hall–Kier alpha value is -1.07. The van der Waals surface area contributed by atoms with Gasteiger partial charge >= 0.3 is 0 Å². The van der Waals surface area contributed by atoms with Crippen LogP contribution >= 0.6 is 27.3 Å². The van der Waals surface area contributed by atoms with Gasteiger partial charge in [0.15, 0.2) is 11.5 Å². The standard InChI is InChI=1S/C10H8BrNO2S/c1-13-7-4-2-3-5-8(7)14-10-12-9(11)6-15-10/h2-6H,1H3. The van der Waals surface area contributed by atoms with Crippen LogP contribution in [0.25, 0.3) is 0 Å². The largest absolute Gasteiger partial charge is 0.493 e. The molecule has 2 rings (SSSR count). The number of aromatic nitrogens is 1. The van der Waals surface area contributed by atoms with Gasteiger partial charge in [-0.2, -0.15) is 4.98 Å². The topological polar surface area (TPSA) is 31.4 Å². The fraction of sp³-hybridized carbons (Fsp3) is 0.100. The third-order valence-corrected chi connectivity index (χ3v) is 3.15. The molecule has 0 aliphatic carbocycles. The summed E-state index contributed by atoms with van der Waals surface area (Å²) in [6.07, 6.45) is 0. The highest BCUT2D eigenvalue weighted by atomic mass is 79.9. The zero-order valence-electron chi connectivity index (χ0n) is 7.94. The molecule has 2 aromatic rings. The van der Waals surface area contributed by atoms with Crippen LogP contribution in [0.15, 0.2) is 34.2 Å². The SMILES string of the molecule is COc1ccccc1Oc1nc(Br)cs1. The Bertz CT molecular complexity index is 458. The molecule has 0 aliphatic heterocycles. The molecular weight excluding hydrogens is 278 g/mol. The van der Waals surface area contributed by atoms with E-state index in [9.17, 15) is 0 Å². The molecule has 15 heavy (non-hydrogen) atoms. The van der Waals surface area contributed by atoms with E-state index >= 15 is 0 Å². The van der Waals surface area contributed by atoms with Gasteiger partial charge in [-0.1, -0.05) is 23.5 Å². The second-order valence-electron chi connectivity index (χ2n) is 2.69. The van der Waals surface area contributed by atoms with Crippen LogP contribution < -0.4 is 9.47 Å². The highest BCUT2D eigenvalue weighted by Gasteiger charge is 2.06. The number of para-hydroxylation sites is 2. The normalized spacial score (nSPS) is 10.0. The fourth-order valence-corrected chi connectivity index (χ4v) is 2.18. The van der Waals surface area contributed by atoms with Crippen LogP contribution in [0.4, 0.5) is 0 Å². The Morgan fingerprint density at radius 2 is 2.00 bits per heavy atom. The van der Waals surface area contributed by atoms with Crippen molar-refractivity contribution >= 4 is 27.3 Å². The molecule has 0 fully saturated rings. The molecule has 0 saturated heterocycles. The first-order chi connectivity index (χ1) is 7.29. The first kappa shape index (κ1) is 10.4. The zero-order valence-corrected chi connectivity index (χ0v) is 10.3. The molecule has 78 valence electrons. The quantitative estimate of drug-likeness (QED) is 0.862. The van der Waals surface area contributed by atoms with Crippen LogP contribution in [0.5, 0.6) is 16.7 Å². The van der Waals surface area contributed by atoms with Gasteiger partial charge in [0.2, 0.25) is 0 Å². The molecule has 0 amide bonds. The molecule has 0 radical (unpaired) electrons. The highest BCUT2D eigenvalue weighted by molar-refractivity contribution is 9.10. The Labute approximate surface area is 99.8 Å². The number of methoxy groups -OCH3 is 1. The molecule has 0 bridgehead atoms. The van der Waals surface area contributed by atoms with E-state index in [-0.39, 0.29) is 0 Å². The van der Waals surface area contributed by atoms with Gasteiger partial charge in [-0.3, -0.25) is 0 Å². The van der Waals surface area contributed by atoms with E-state index < -0.39 is 0 Å². The van der Waals surface area contributed by atoms with Crippen molar-refractivity contribution in [1.29, 1.82) is 0 Å². The Morgan fingerprint density at radius 1 is 1.27 bits per heavy atom. The number of hydrogen-bond acceptors (Lipinski definition) is 4. The third kappa shape index (κ3) is 2.49. The predicted molar refractivity (Wildman–Crippen MR) is 62.9 cm³/mol. The molecule has 0 spiro atoms. The van der Waals surface area contributed by atoms with E-state index in [1.54, 1.807) is 7.11 Å². The van der Waals surface area contributed by atoms with Crippen molar-refractivity contribution in [3.63, 3.8) is 0 Å². The van der Waals surface area contributed by atoms with Gasteiger partial charge in [-0.25, -0.2) is 0 Å². The van der Waals surface area contributed by atoms with Gasteiger partial charge in [0.25, 0.3) is 5.19 Å². The smallest absolute Gasteiger partial charge is 0.279 e. The zero-order chi connectivity index (χ0) is 10.7. The summed E-state index contributed by atoms with van der Waals surface area (Å²) < 4.78 is 11.5. The van der Waals surface area contributed by atoms with Gasteiger partial charge in [-0.05, 0) is 28.1 Å². The fourth-order valence-electron chi connectivity index (χ4n) is 1.08. The molecule has 0 atom stereocenters. The summed E-state index contributed by atoms with van der Waals surface area (Å²) in [6.45, 7) is 0. The van der Waals surface area contributed by atoms with Crippen molar-refractivity contribution in [3.8, 4) is 16.7 Å². The van der Waals surface area contributed by atoms with Crippen LogP contribution in [0, 0.1) is 0 Å². The number of halogens is 1. The minimum atomic E-state index is 0.589. The van der Waals surface area contributed by atoms with Gasteiger partial charge in [-0.15, -0.1) is 0 Å². The summed E-state index contributed by atoms with van der Waals surface area (Å²) in [4.78, 5) is 4.14. The first-order valence-corrected chi connectivity index (χ1v) is 5.89. The number of benzene rings is 1. The van der Waals surface area contributed by atoms with Crippen LogP contribution in [-0.4, -0.2) is 12.1 Å². The Morgan fingerprint density at radius 3 is 2.60 bits per heavy atom. The second-order valence-corrected chi connectivity index (χ2v) is 4.32. The first-order valence-electron chi connectivity index (χ1n) is 4.21. The number of hydrogen-bond donors (Lipinski definition) is 0. The van der Waals surface area contributed by atoms with Crippen LogP contribution in [-0.2, 0) is 0 Å². The lowest BCUT2D eigenvalue weighted by Crippen LogP contribution is -1.88. The molecule has 0 saturated carbocycles. The second kappa shape index (κ2) is 4.63. The monoisotopic (exact) mass is 285 g/mol. The molecule has 5 heteroatoms. The molecule has 0 unspecified atom stereocenters. The van der Waals surface area contributed by atoms with Crippen molar-refractivity contribution in [3.05, 3.63) is 34.2 Å². The van der Waals surface area contributed by atoms with Crippen molar-refractivity contribution in [2.24, 2.45) is 0 Å². The predicted octanol–water partition coefficient (Wildman–Crippen LogP) is 3.71. The molecular formula is C10H8BrNO2S. The number of rotatable bonds is 3. The molecule has 1 aromatic heterocycles. The van der Waals surface area contributed by atoms with Crippen LogP contribution in [0.3, 0.4) is 0 Å². The summed E-state index contributed by atoms with van der Waals surface area (Å²) in [5, 5.41) is 2.46. The summed E-state index contributed by atoms with van der Waals surface area (Å²) >= 11 is 4.70. The average molecular weight is 286 g/mol. The van der Waals surface area contributed by atoms with Crippen LogP contribution in [0.1, 0.15) is 0 Å². The van der Waals surface area contributed by atoms with E-state index in [1.807, 2.05) is 29.6 Å². The highest BCUT2D eigenvalue weighted by Crippen LogP contribution is 2.33. The maximum absolute atomic E-state index is 5.57. The van der Waals surface area contributed by atoms with Crippen molar-refractivity contribution in [1.82, 2.24) is 4.98 Å². The Balaban J connectivity index is 2.23. The molecule has 1 heterocycles. The lowest BCUT2D eigenvalue weighted by atomic mass is 10.3.